The van der Waals surface area contributed by atoms with E-state index >= 15 is 0 Å². The first-order valence-corrected chi connectivity index (χ1v) is 10.1. The summed E-state index contributed by atoms with van der Waals surface area (Å²) in [7, 11) is 1.78. The largest absolute Gasteiger partial charge is 0.416 e. The molecule has 3 N–H and O–H groups in total. The number of thiazole rings is 1. The molecule has 1 aromatic heterocycles. The van der Waals surface area contributed by atoms with Gasteiger partial charge < -0.3 is 16.0 Å². The van der Waals surface area contributed by atoms with Crippen LogP contribution in [0.4, 0.5) is 23.9 Å². The second kappa shape index (κ2) is 9.46. The minimum Gasteiger partial charge on any atom is -0.322 e. The Balaban J connectivity index is 1.76. The highest BCUT2D eigenvalue weighted by molar-refractivity contribution is 7.15. The van der Waals surface area contributed by atoms with Crippen molar-refractivity contribution in [2.24, 2.45) is 0 Å². The monoisotopic (exact) mass is 468 g/mol. The van der Waals surface area contributed by atoms with Gasteiger partial charge in [-0.15, -0.1) is 0 Å². The van der Waals surface area contributed by atoms with Gasteiger partial charge in [-0.25, -0.2) is 4.98 Å². The van der Waals surface area contributed by atoms with E-state index in [9.17, 15) is 22.8 Å². The van der Waals surface area contributed by atoms with Crippen molar-refractivity contribution in [1.82, 2.24) is 10.3 Å². The van der Waals surface area contributed by atoms with Crippen molar-refractivity contribution < 1.29 is 22.8 Å². The fourth-order valence-corrected chi connectivity index (χ4v) is 3.63. The number of aromatic nitrogens is 1. The molecule has 2 aromatic carbocycles. The Labute approximate surface area is 184 Å². The number of benzene rings is 2. The van der Waals surface area contributed by atoms with Crippen molar-refractivity contribution in [2.75, 3.05) is 17.7 Å². The molecule has 0 fully saturated rings. The normalized spacial score (nSPS) is 11.3. The highest BCUT2D eigenvalue weighted by atomic mass is 35.5. The lowest BCUT2D eigenvalue weighted by Gasteiger charge is -2.11. The zero-order valence-corrected chi connectivity index (χ0v) is 17.6. The number of nitrogens with zero attached hydrogens (tertiary/aromatic N) is 1. The molecule has 31 heavy (non-hydrogen) atoms. The third-order valence-electron chi connectivity index (χ3n) is 4.04. The van der Waals surface area contributed by atoms with Crippen LogP contribution in [0, 0.1) is 0 Å². The van der Waals surface area contributed by atoms with Crippen LogP contribution in [0.1, 0.15) is 31.3 Å². The smallest absolute Gasteiger partial charge is 0.322 e. The molecule has 3 rings (SSSR count). The zero-order valence-electron chi connectivity index (χ0n) is 16.0. The van der Waals surface area contributed by atoms with Gasteiger partial charge in [0.1, 0.15) is 10.0 Å². The number of halogens is 4. The molecule has 0 spiro atoms. The fourth-order valence-electron chi connectivity index (χ4n) is 2.60. The van der Waals surface area contributed by atoms with E-state index < -0.39 is 23.6 Å². The summed E-state index contributed by atoms with van der Waals surface area (Å²) in [4.78, 5) is 29.1. The number of carbonyl (C=O) groups is 2. The van der Waals surface area contributed by atoms with Gasteiger partial charge in [-0.2, -0.15) is 13.2 Å². The predicted molar refractivity (Wildman–Crippen MR) is 114 cm³/mol. The van der Waals surface area contributed by atoms with Crippen LogP contribution < -0.4 is 16.0 Å². The Morgan fingerprint density at radius 3 is 2.58 bits per heavy atom. The lowest BCUT2D eigenvalue weighted by molar-refractivity contribution is -0.137. The Morgan fingerprint density at radius 1 is 1.10 bits per heavy atom. The summed E-state index contributed by atoms with van der Waals surface area (Å²) >= 11 is 7.41. The molecule has 0 unspecified atom stereocenters. The van der Waals surface area contributed by atoms with Gasteiger partial charge in [0, 0.05) is 17.8 Å². The van der Waals surface area contributed by atoms with Crippen molar-refractivity contribution in [2.45, 2.75) is 12.7 Å². The van der Waals surface area contributed by atoms with Gasteiger partial charge in [0.25, 0.3) is 11.8 Å². The van der Waals surface area contributed by atoms with Crippen LogP contribution in [0.3, 0.4) is 0 Å². The maximum Gasteiger partial charge on any atom is 0.416 e. The average molecular weight is 469 g/mol. The molecule has 0 saturated carbocycles. The standard InChI is InChI=1S/C20H16ClF3N4O2S/c1-25-9-16-26-10-17(31-16)28-19(30)14-8-13(5-6-15(14)21)27-18(29)11-3-2-4-12(7-11)20(22,23)24/h2-8,10,25H,9H2,1H3,(H,27,29)(H,28,30). The fraction of sp³-hybridized carbons (Fsp3) is 0.150. The first-order chi connectivity index (χ1) is 14.7. The van der Waals surface area contributed by atoms with E-state index in [0.717, 1.165) is 23.2 Å². The maximum absolute atomic E-state index is 12.9. The van der Waals surface area contributed by atoms with Gasteiger partial charge >= 0.3 is 6.18 Å². The predicted octanol–water partition coefficient (Wildman–Crippen LogP) is 5.04. The van der Waals surface area contributed by atoms with Crippen molar-refractivity contribution in [3.63, 3.8) is 0 Å². The maximum atomic E-state index is 12.9. The van der Waals surface area contributed by atoms with Gasteiger partial charge in [-0.1, -0.05) is 29.0 Å². The number of amides is 2. The Bertz CT molecular complexity index is 1120. The second-order valence-electron chi connectivity index (χ2n) is 6.33. The van der Waals surface area contributed by atoms with Crippen molar-refractivity contribution in [3.8, 4) is 0 Å². The lowest BCUT2D eigenvalue weighted by Crippen LogP contribution is -2.15. The van der Waals surface area contributed by atoms with Crippen LogP contribution in [-0.4, -0.2) is 23.8 Å². The van der Waals surface area contributed by atoms with E-state index in [-0.39, 0.29) is 21.8 Å². The van der Waals surface area contributed by atoms with Crippen LogP contribution in [0.2, 0.25) is 5.02 Å². The first kappa shape index (κ1) is 22.7. The summed E-state index contributed by atoms with van der Waals surface area (Å²) in [6.07, 6.45) is -3.05. The van der Waals surface area contributed by atoms with Crippen molar-refractivity contribution in [3.05, 3.63) is 75.4 Å². The van der Waals surface area contributed by atoms with Crippen LogP contribution in [0.5, 0.6) is 0 Å². The number of rotatable bonds is 6. The zero-order chi connectivity index (χ0) is 22.6. The van der Waals surface area contributed by atoms with Crippen LogP contribution in [0.15, 0.2) is 48.7 Å². The summed E-state index contributed by atoms with van der Waals surface area (Å²) in [5, 5.41) is 9.57. The van der Waals surface area contributed by atoms with Gasteiger partial charge in [0.2, 0.25) is 0 Å². The number of nitrogens with one attached hydrogen (secondary N) is 3. The van der Waals surface area contributed by atoms with Gasteiger partial charge in [0.05, 0.1) is 22.3 Å². The molecule has 1 heterocycles. The highest BCUT2D eigenvalue weighted by Crippen LogP contribution is 2.30. The first-order valence-electron chi connectivity index (χ1n) is 8.86. The molecule has 2 amide bonds. The van der Waals surface area contributed by atoms with E-state index in [2.05, 4.69) is 20.9 Å². The summed E-state index contributed by atoms with van der Waals surface area (Å²) in [5.41, 5.74) is -0.805. The van der Waals surface area contributed by atoms with Gasteiger partial charge in [-0.05, 0) is 43.4 Å². The number of carbonyl (C=O) groups excluding carboxylic acids is 2. The topological polar surface area (TPSA) is 83.1 Å². The Kier molecular flexibility index (Phi) is 6.94. The molecule has 0 aliphatic heterocycles. The van der Waals surface area contributed by atoms with Crippen LogP contribution >= 0.6 is 22.9 Å². The number of alkyl halides is 3. The molecule has 0 atom stereocenters. The van der Waals surface area contributed by atoms with E-state index in [1.165, 1.54) is 41.8 Å². The molecule has 0 aliphatic carbocycles. The molecule has 162 valence electrons. The molecular weight excluding hydrogens is 453 g/mol. The summed E-state index contributed by atoms with van der Waals surface area (Å²) in [6, 6.07) is 8.25. The number of hydrogen-bond acceptors (Lipinski definition) is 5. The molecule has 11 heteroatoms. The van der Waals surface area contributed by atoms with Crippen LogP contribution in [-0.2, 0) is 12.7 Å². The van der Waals surface area contributed by atoms with Gasteiger partial charge in [-0.3, -0.25) is 9.59 Å². The number of anilines is 2. The summed E-state index contributed by atoms with van der Waals surface area (Å²) in [5.74, 6) is -1.27. The minimum absolute atomic E-state index is 0.0899. The third kappa shape index (κ3) is 5.81. The molecule has 0 saturated heterocycles. The molecule has 6 nitrogen and oxygen atoms in total. The summed E-state index contributed by atoms with van der Waals surface area (Å²) < 4.78 is 38.6. The molecule has 0 radical (unpaired) electrons. The minimum atomic E-state index is -4.56. The second-order valence-corrected chi connectivity index (χ2v) is 7.85. The lowest BCUT2D eigenvalue weighted by atomic mass is 10.1. The highest BCUT2D eigenvalue weighted by Gasteiger charge is 2.30. The van der Waals surface area contributed by atoms with E-state index in [0.29, 0.717) is 11.5 Å². The molecule has 3 aromatic rings. The Hall–Kier alpha value is -2.95. The van der Waals surface area contributed by atoms with Crippen molar-refractivity contribution in [1.29, 1.82) is 0 Å². The van der Waals surface area contributed by atoms with Crippen LogP contribution in [0.25, 0.3) is 0 Å². The molecule has 0 bridgehead atoms. The quantitative estimate of drug-likeness (QED) is 0.473. The van der Waals surface area contributed by atoms with Crippen molar-refractivity contribution >= 4 is 45.4 Å². The van der Waals surface area contributed by atoms with E-state index in [4.69, 9.17) is 11.6 Å². The third-order valence-corrected chi connectivity index (χ3v) is 5.28. The molecule has 0 aliphatic rings. The van der Waals surface area contributed by atoms with Gasteiger partial charge in [0.15, 0.2) is 0 Å². The number of hydrogen-bond donors (Lipinski definition) is 3. The Morgan fingerprint density at radius 2 is 1.87 bits per heavy atom. The summed E-state index contributed by atoms with van der Waals surface area (Å²) in [6.45, 7) is 0.554. The molecular formula is C20H16ClF3N4O2S. The van der Waals surface area contributed by atoms with E-state index in [1.807, 2.05) is 0 Å². The van der Waals surface area contributed by atoms with E-state index in [1.54, 1.807) is 7.05 Å². The SMILES string of the molecule is CNCc1ncc(NC(=O)c2cc(NC(=O)c3cccc(C(F)(F)F)c3)ccc2Cl)s1. The average Bonchev–Trinajstić information content (AvgIpc) is 3.16.